The number of hydrogen-bond donors (Lipinski definition) is 1. The van der Waals surface area contributed by atoms with Crippen molar-refractivity contribution in [1.29, 1.82) is 0 Å². The van der Waals surface area contributed by atoms with Gasteiger partial charge in [-0.2, -0.15) is 5.10 Å². The average molecular weight is 351 g/mol. The molecule has 0 bridgehead atoms. The molecule has 0 saturated carbocycles. The van der Waals surface area contributed by atoms with Crippen molar-refractivity contribution in [2.24, 2.45) is 0 Å². The molecule has 0 saturated heterocycles. The first kappa shape index (κ1) is 15.6. The average Bonchev–Trinajstić information content (AvgIpc) is 3.29. The van der Waals surface area contributed by atoms with E-state index in [0.29, 0.717) is 5.69 Å². The van der Waals surface area contributed by atoms with Gasteiger partial charge in [-0.3, -0.25) is 14.8 Å². The minimum atomic E-state index is -0.218. The fourth-order valence-corrected chi connectivity index (χ4v) is 3.77. The van der Waals surface area contributed by atoms with Crippen LogP contribution in [-0.4, -0.2) is 16.1 Å². The van der Waals surface area contributed by atoms with Crippen molar-refractivity contribution in [3.05, 3.63) is 108 Å². The second-order valence-corrected chi connectivity index (χ2v) is 6.55. The Morgan fingerprint density at radius 3 is 2.04 bits per heavy atom. The minimum absolute atomic E-state index is 0.0558. The van der Waals surface area contributed by atoms with Crippen LogP contribution in [0.1, 0.15) is 27.7 Å². The van der Waals surface area contributed by atoms with E-state index in [2.05, 4.69) is 22.3 Å². The number of fused-ring (bicyclic) bond motifs is 1. The predicted octanol–water partition coefficient (Wildman–Crippen LogP) is 4.83. The lowest BCUT2D eigenvalue weighted by Crippen LogP contribution is -2.29. The predicted molar refractivity (Wildman–Crippen MR) is 106 cm³/mol. The molecule has 1 aliphatic heterocycles. The number of carbonyl (C=O) groups excluding carboxylic acids is 1. The van der Waals surface area contributed by atoms with Crippen LogP contribution in [0.25, 0.3) is 11.3 Å². The molecule has 5 rings (SSSR count). The Labute approximate surface area is 157 Å². The fraction of sp³-hybridized carbons (Fsp3) is 0.0435. The van der Waals surface area contributed by atoms with Gasteiger partial charge in [-0.25, -0.2) is 0 Å². The maximum Gasteiger partial charge on any atom is 0.277 e. The number of aromatic nitrogens is 2. The summed E-state index contributed by atoms with van der Waals surface area (Å²) in [5, 5.41) is 7.48. The summed E-state index contributed by atoms with van der Waals surface area (Å²) in [6, 6.07) is 29.7. The van der Waals surface area contributed by atoms with E-state index in [1.807, 2.05) is 83.8 Å². The molecular formula is C23H17N3O. The van der Waals surface area contributed by atoms with Crippen molar-refractivity contribution < 1.29 is 4.79 Å². The van der Waals surface area contributed by atoms with Crippen LogP contribution in [0.4, 0.5) is 5.69 Å². The zero-order valence-corrected chi connectivity index (χ0v) is 14.5. The third kappa shape index (κ3) is 2.46. The lowest BCUT2D eigenvalue weighted by atomic mass is 9.96. The molecule has 1 N–H and O–H groups in total. The zero-order chi connectivity index (χ0) is 18.2. The molecule has 2 heterocycles. The Hall–Kier alpha value is -3.66. The number of amides is 1. The van der Waals surface area contributed by atoms with Gasteiger partial charge in [-0.05, 0) is 17.7 Å². The molecule has 27 heavy (non-hydrogen) atoms. The summed E-state index contributed by atoms with van der Waals surface area (Å²) in [6.07, 6.45) is 0. The van der Waals surface area contributed by atoms with Gasteiger partial charge in [0.25, 0.3) is 5.91 Å². The maximum atomic E-state index is 13.3. The van der Waals surface area contributed by atoms with E-state index in [9.17, 15) is 4.79 Å². The van der Waals surface area contributed by atoms with Gasteiger partial charge in [0.1, 0.15) is 5.69 Å². The second kappa shape index (κ2) is 6.25. The van der Waals surface area contributed by atoms with E-state index < -0.39 is 0 Å². The Morgan fingerprint density at radius 2 is 1.37 bits per heavy atom. The quantitative estimate of drug-likeness (QED) is 0.575. The Kier molecular flexibility index (Phi) is 3.61. The number of benzene rings is 3. The van der Waals surface area contributed by atoms with Crippen molar-refractivity contribution in [3.63, 3.8) is 0 Å². The van der Waals surface area contributed by atoms with Crippen molar-refractivity contribution in [1.82, 2.24) is 10.2 Å². The molecule has 4 aromatic rings. The van der Waals surface area contributed by atoms with Crippen LogP contribution in [0.2, 0.25) is 0 Å². The van der Waals surface area contributed by atoms with Crippen molar-refractivity contribution in [2.75, 3.05) is 4.90 Å². The molecular weight excluding hydrogens is 334 g/mol. The smallest absolute Gasteiger partial charge is 0.277 e. The Balaban J connectivity index is 1.74. The van der Waals surface area contributed by atoms with Gasteiger partial charge in [0.05, 0.1) is 11.7 Å². The number of H-pyrrole nitrogens is 1. The van der Waals surface area contributed by atoms with Gasteiger partial charge in [0, 0.05) is 16.8 Å². The summed E-state index contributed by atoms with van der Waals surface area (Å²) in [5.41, 5.74) is 5.25. The second-order valence-electron chi connectivity index (χ2n) is 6.55. The molecule has 1 amide bonds. The summed E-state index contributed by atoms with van der Waals surface area (Å²) in [4.78, 5) is 15.1. The highest BCUT2D eigenvalue weighted by molar-refractivity contribution is 6.11. The summed E-state index contributed by atoms with van der Waals surface area (Å²) < 4.78 is 0. The number of para-hydroxylation sites is 1. The molecule has 1 aromatic heterocycles. The van der Waals surface area contributed by atoms with E-state index in [0.717, 1.165) is 28.1 Å². The van der Waals surface area contributed by atoms with Crippen molar-refractivity contribution >= 4 is 11.6 Å². The first-order valence-electron chi connectivity index (χ1n) is 8.92. The van der Waals surface area contributed by atoms with E-state index in [1.54, 1.807) is 0 Å². The first-order chi connectivity index (χ1) is 13.3. The van der Waals surface area contributed by atoms with Crippen molar-refractivity contribution in [2.45, 2.75) is 6.04 Å². The first-order valence-corrected chi connectivity index (χ1v) is 8.92. The molecule has 1 aliphatic rings. The number of rotatable bonds is 3. The number of nitrogens with one attached hydrogen (secondary N) is 1. The summed E-state index contributed by atoms with van der Waals surface area (Å²) in [6.45, 7) is 0. The standard InChI is InChI=1S/C23H17N3O/c27-23-21-19(20(24-25-21)16-10-4-1-5-11-16)22(17-12-6-2-7-13-17)26(23)18-14-8-3-9-15-18/h1-15,22H,(H,24,25). The van der Waals surface area contributed by atoms with Gasteiger partial charge in [0.2, 0.25) is 0 Å². The normalized spacial score (nSPS) is 15.8. The van der Waals surface area contributed by atoms with Crippen LogP contribution in [0.3, 0.4) is 0 Å². The van der Waals surface area contributed by atoms with E-state index in [4.69, 9.17) is 0 Å². The lowest BCUT2D eigenvalue weighted by molar-refractivity contribution is 0.0989. The highest BCUT2D eigenvalue weighted by Gasteiger charge is 2.42. The molecule has 1 atom stereocenters. The molecule has 1 unspecified atom stereocenters. The van der Waals surface area contributed by atoms with Crippen LogP contribution < -0.4 is 4.90 Å². The largest absolute Gasteiger partial charge is 0.295 e. The summed E-state index contributed by atoms with van der Waals surface area (Å²) >= 11 is 0. The lowest BCUT2D eigenvalue weighted by Gasteiger charge is -2.26. The fourth-order valence-electron chi connectivity index (χ4n) is 3.77. The molecule has 4 nitrogen and oxygen atoms in total. The molecule has 4 heteroatoms. The highest BCUT2D eigenvalue weighted by Crippen LogP contribution is 2.44. The number of nitrogens with zero attached hydrogens (tertiary/aromatic N) is 2. The van der Waals surface area contributed by atoms with Gasteiger partial charge in [-0.15, -0.1) is 0 Å². The topological polar surface area (TPSA) is 49.0 Å². The van der Waals surface area contributed by atoms with Gasteiger partial charge < -0.3 is 0 Å². The van der Waals surface area contributed by atoms with Crippen molar-refractivity contribution in [3.8, 4) is 11.3 Å². The van der Waals surface area contributed by atoms with Crippen LogP contribution in [0.15, 0.2) is 91.0 Å². The Morgan fingerprint density at radius 1 is 0.778 bits per heavy atom. The Bertz CT molecular complexity index is 1090. The van der Waals surface area contributed by atoms with E-state index >= 15 is 0 Å². The van der Waals surface area contributed by atoms with Crippen LogP contribution in [0, 0.1) is 0 Å². The number of aromatic amines is 1. The SMILES string of the molecule is O=C1c2[nH]nc(-c3ccccc3)c2C(c2ccccc2)N1c1ccccc1. The third-order valence-corrected chi connectivity index (χ3v) is 4.97. The molecule has 0 aliphatic carbocycles. The van der Waals surface area contributed by atoms with Crippen LogP contribution in [0.5, 0.6) is 0 Å². The zero-order valence-electron chi connectivity index (χ0n) is 14.5. The molecule has 0 spiro atoms. The van der Waals surface area contributed by atoms with Crippen LogP contribution >= 0.6 is 0 Å². The van der Waals surface area contributed by atoms with Crippen LogP contribution in [-0.2, 0) is 0 Å². The summed E-state index contributed by atoms with van der Waals surface area (Å²) in [7, 11) is 0. The molecule has 0 fully saturated rings. The number of anilines is 1. The van der Waals surface area contributed by atoms with E-state index in [1.165, 1.54) is 0 Å². The van der Waals surface area contributed by atoms with Gasteiger partial charge in [-0.1, -0.05) is 78.9 Å². The number of hydrogen-bond acceptors (Lipinski definition) is 2. The molecule has 130 valence electrons. The number of carbonyl (C=O) groups is 1. The highest BCUT2D eigenvalue weighted by atomic mass is 16.2. The van der Waals surface area contributed by atoms with Gasteiger partial charge in [0.15, 0.2) is 0 Å². The van der Waals surface area contributed by atoms with Gasteiger partial charge >= 0.3 is 0 Å². The molecule has 0 radical (unpaired) electrons. The molecule has 3 aromatic carbocycles. The summed E-state index contributed by atoms with van der Waals surface area (Å²) in [5.74, 6) is -0.0558. The minimum Gasteiger partial charge on any atom is -0.295 e. The monoisotopic (exact) mass is 351 g/mol. The van der Waals surface area contributed by atoms with E-state index in [-0.39, 0.29) is 11.9 Å². The maximum absolute atomic E-state index is 13.3. The third-order valence-electron chi connectivity index (χ3n) is 4.97.